The van der Waals surface area contributed by atoms with Gasteiger partial charge in [-0.2, -0.15) is 0 Å². The van der Waals surface area contributed by atoms with Gasteiger partial charge in [-0.15, -0.1) is 0 Å². The molecule has 1 nitrogen and oxygen atoms in total. The molecule has 0 spiro atoms. The zero-order valence-electron chi connectivity index (χ0n) is 11.2. The van der Waals surface area contributed by atoms with Gasteiger partial charge >= 0.3 is 0 Å². The second-order valence-electron chi connectivity index (χ2n) is 4.45. The second kappa shape index (κ2) is 6.20. The SMILES string of the molecule is CCc1ccc(N(C)c2cccc(F)c2CBr)cc1. The van der Waals surface area contributed by atoms with E-state index >= 15 is 0 Å². The van der Waals surface area contributed by atoms with E-state index in [2.05, 4.69) is 47.1 Å². The molecular formula is C16H17BrFN. The molecule has 0 N–H and O–H groups in total. The maximum Gasteiger partial charge on any atom is 0.129 e. The first-order valence-electron chi connectivity index (χ1n) is 6.33. The van der Waals surface area contributed by atoms with Crippen LogP contribution in [0, 0.1) is 5.82 Å². The van der Waals surface area contributed by atoms with Gasteiger partial charge in [0, 0.05) is 29.3 Å². The van der Waals surface area contributed by atoms with Crippen LogP contribution in [0.4, 0.5) is 15.8 Å². The first-order chi connectivity index (χ1) is 9.17. The summed E-state index contributed by atoms with van der Waals surface area (Å²) in [5, 5.41) is 0.506. The molecule has 0 aromatic heterocycles. The average Bonchev–Trinajstić information content (AvgIpc) is 2.46. The number of benzene rings is 2. The molecule has 0 unspecified atom stereocenters. The Hall–Kier alpha value is -1.35. The van der Waals surface area contributed by atoms with E-state index in [1.807, 2.05) is 18.0 Å². The normalized spacial score (nSPS) is 10.5. The standard InChI is InChI=1S/C16H17BrFN/c1-3-12-7-9-13(10-8-12)19(2)16-6-4-5-15(18)14(16)11-17/h4-10H,3,11H2,1-2H3. The van der Waals surface area contributed by atoms with E-state index in [-0.39, 0.29) is 5.82 Å². The Labute approximate surface area is 122 Å². The summed E-state index contributed by atoms with van der Waals surface area (Å²) in [5.41, 5.74) is 3.94. The maximum absolute atomic E-state index is 13.8. The van der Waals surface area contributed by atoms with Crippen molar-refractivity contribution in [3.05, 3.63) is 59.4 Å². The van der Waals surface area contributed by atoms with Crippen LogP contribution in [0.2, 0.25) is 0 Å². The third-order valence-corrected chi connectivity index (χ3v) is 3.88. The molecule has 0 aliphatic carbocycles. The lowest BCUT2D eigenvalue weighted by molar-refractivity contribution is 0.618. The van der Waals surface area contributed by atoms with Crippen LogP contribution in [0.1, 0.15) is 18.1 Å². The minimum atomic E-state index is -0.175. The number of anilines is 2. The summed E-state index contributed by atoms with van der Waals surface area (Å²) in [6.45, 7) is 2.13. The zero-order chi connectivity index (χ0) is 13.8. The van der Waals surface area contributed by atoms with Crippen LogP contribution in [0.15, 0.2) is 42.5 Å². The van der Waals surface area contributed by atoms with Crippen LogP contribution in [0.5, 0.6) is 0 Å². The molecular weight excluding hydrogens is 305 g/mol. The van der Waals surface area contributed by atoms with Crippen molar-refractivity contribution in [3.8, 4) is 0 Å². The highest BCUT2D eigenvalue weighted by molar-refractivity contribution is 9.08. The molecule has 19 heavy (non-hydrogen) atoms. The lowest BCUT2D eigenvalue weighted by Gasteiger charge is -2.22. The Bertz CT molecular complexity index is 551. The molecule has 0 aliphatic heterocycles. The average molecular weight is 322 g/mol. The summed E-state index contributed by atoms with van der Waals surface area (Å²) in [6, 6.07) is 13.5. The van der Waals surface area contributed by atoms with Crippen molar-refractivity contribution in [1.82, 2.24) is 0 Å². The Morgan fingerprint density at radius 1 is 1.11 bits per heavy atom. The minimum Gasteiger partial charge on any atom is -0.344 e. The van der Waals surface area contributed by atoms with Crippen LogP contribution in [0.3, 0.4) is 0 Å². The number of nitrogens with zero attached hydrogens (tertiary/aromatic N) is 1. The van der Waals surface area contributed by atoms with E-state index in [1.54, 1.807) is 6.07 Å². The van der Waals surface area contributed by atoms with Gasteiger partial charge in [0.1, 0.15) is 5.82 Å². The summed E-state index contributed by atoms with van der Waals surface area (Å²) >= 11 is 3.36. The molecule has 0 saturated heterocycles. The van der Waals surface area contributed by atoms with E-state index in [1.165, 1.54) is 11.6 Å². The predicted octanol–water partition coefficient (Wildman–Crippen LogP) is 5.05. The number of aryl methyl sites for hydroxylation is 1. The Morgan fingerprint density at radius 2 is 1.79 bits per heavy atom. The fourth-order valence-electron chi connectivity index (χ4n) is 2.09. The fourth-order valence-corrected chi connectivity index (χ4v) is 2.64. The molecule has 0 fully saturated rings. The van der Waals surface area contributed by atoms with Crippen LogP contribution in [-0.4, -0.2) is 7.05 Å². The molecule has 2 aromatic carbocycles. The Morgan fingerprint density at radius 3 is 2.37 bits per heavy atom. The first kappa shape index (κ1) is 14.1. The largest absolute Gasteiger partial charge is 0.344 e. The maximum atomic E-state index is 13.8. The number of rotatable bonds is 4. The van der Waals surface area contributed by atoms with E-state index < -0.39 is 0 Å². The first-order valence-corrected chi connectivity index (χ1v) is 7.45. The topological polar surface area (TPSA) is 3.24 Å². The van der Waals surface area contributed by atoms with Crippen molar-refractivity contribution in [3.63, 3.8) is 0 Å². The third-order valence-electron chi connectivity index (χ3n) is 3.32. The van der Waals surface area contributed by atoms with E-state index in [4.69, 9.17) is 0 Å². The fraction of sp³-hybridized carbons (Fsp3) is 0.250. The number of halogens is 2. The van der Waals surface area contributed by atoms with Crippen LogP contribution >= 0.6 is 15.9 Å². The molecule has 0 saturated carbocycles. The van der Waals surface area contributed by atoms with Gasteiger partial charge in [0.2, 0.25) is 0 Å². The predicted molar refractivity (Wildman–Crippen MR) is 82.9 cm³/mol. The van der Waals surface area contributed by atoms with Gasteiger partial charge < -0.3 is 4.90 Å². The van der Waals surface area contributed by atoms with E-state index in [0.717, 1.165) is 17.8 Å². The van der Waals surface area contributed by atoms with Gasteiger partial charge in [0.15, 0.2) is 0 Å². The van der Waals surface area contributed by atoms with Gasteiger partial charge in [0.05, 0.1) is 0 Å². The van der Waals surface area contributed by atoms with Crippen molar-refractivity contribution < 1.29 is 4.39 Å². The molecule has 0 atom stereocenters. The Balaban J connectivity index is 2.37. The van der Waals surface area contributed by atoms with Crippen LogP contribution in [-0.2, 0) is 11.8 Å². The zero-order valence-corrected chi connectivity index (χ0v) is 12.7. The Kier molecular flexibility index (Phi) is 4.59. The number of alkyl halides is 1. The highest BCUT2D eigenvalue weighted by atomic mass is 79.9. The highest BCUT2D eigenvalue weighted by Gasteiger charge is 2.12. The quantitative estimate of drug-likeness (QED) is 0.712. The van der Waals surface area contributed by atoms with Gasteiger partial charge in [0.25, 0.3) is 0 Å². The lowest BCUT2D eigenvalue weighted by Crippen LogP contribution is -2.12. The second-order valence-corrected chi connectivity index (χ2v) is 5.01. The summed E-state index contributed by atoms with van der Waals surface area (Å²) in [7, 11) is 1.96. The van der Waals surface area contributed by atoms with Crippen molar-refractivity contribution in [2.45, 2.75) is 18.7 Å². The van der Waals surface area contributed by atoms with Gasteiger partial charge in [-0.25, -0.2) is 4.39 Å². The molecule has 2 aromatic rings. The number of hydrogen-bond acceptors (Lipinski definition) is 1. The van der Waals surface area contributed by atoms with Gasteiger partial charge in [-0.3, -0.25) is 0 Å². The molecule has 0 radical (unpaired) electrons. The number of hydrogen-bond donors (Lipinski definition) is 0. The van der Waals surface area contributed by atoms with Crippen LogP contribution < -0.4 is 4.90 Å². The molecule has 3 heteroatoms. The highest BCUT2D eigenvalue weighted by Crippen LogP contribution is 2.30. The van der Waals surface area contributed by atoms with Gasteiger partial charge in [-0.1, -0.05) is 41.1 Å². The monoisotopic (exact) mass is 321 g/mol. The summed E-state index contributed by atoms with van der Waals surface area (Å²) in [4.78, 5) is 2.01. The minimum absolute atomic E-state index is 0.175. The van der Waals surface area contributed by atoms with Gasteiger partial charge in [-0.05, 0) is 36.2 Å². The summed E-state index contributed by atoms with van der Waals surface area (Å²) in [6.07, 6.45) is 1.02. The van der Waals surface area contributed by atoms with E-state index in [9.17, 15) is 4.39 Å². The summed E-state index contributed by atoms with van der Waals surface area (Å²) < 4.78 is 13.8. The molecule has 100 valence electrons. The van der Waals surface area contributed by atoms with Crippen molar-refractivity contribution in [2.24, 2.45) is 0 Å². The molecule has 2 rings (SSSR count). The molecule has 0 amide bonds. The van der Waals surface area contributed by atoms with Crippen molar-refractivity contribution in [2.75, 3.05) is 11.9 Å². The lowest BCUT2D eigenvalue weighted by atomic mass is 10.1. The molecule has 0 aliphatic rings. The molecule has 0 bridgehead atoms. The summed E-state index contributed by atoms with van der Waals surface area (Å²) in [5.74, 6) is -0.175. The molecule has 0 heterocycles. The van der Waals surface area contributed by atoms with Crippen molar-refractivity contribution >= 4 is 27.3 Å². The smallest absolute Gasteiger partial charge is 0.129 e. The third kappa shape index (κ3) is 2.98. The van der Waals surface area contributed by atoms with Crippen LogP contribution in [0.25, 0.3) is 0 Å². The van der Waals surface area contributed by atoms with E-state index in [0.29, 0.717) is 10.9 Å². The van der Waals surface area contributed by atoms with Crippen molar-refractivity contribution in [1.29, 1.82) is 0 Å².